The van der Waals surface area contributed by atoms with Crippen LogP contribution in [0.5, 0.6) is 0 Å². The van der Waals surface area contributed by atoms with E-state index in [4.69, 9.17) is 0 Å². The Morgan fingerprint density at radius 3 is 2.20 bits per heavy atom. The summed E-state index contributed by atoms with van der Waals surface area (Å²) in [6.45, 7) is 1.97. The molecule has 0 atom stereocenters. The van der Waals surface area contributed by atoms with Crippen LogP contribution in [0.2, 0.25) is 0 Å². The zero-order valence-electron chi connectivity index (χ0n) is 11.4. The molecule has 0 amide bonds. The standard InChI is InChI=1S/C17H17Br2F/c1-13-9-16(20)8-7-14(13)10-17(11-18,12-19)15-5-3-2-4-6-15/h2-9H,10-12H2,1H3. The van der Waals surface area contributed by atoms with Gasteiger partial charge in [0.25, 0.3) is 0 Å². The Labute approximate surface area is 136 Å². The third-order valence-corrected chi connectivity index (χ3v) is 5.88. The van der Waals surface area contributed by atoms with E-state index in [1.807, 2.05) is 19.1 Å². The van der Waals surface area contributed by atoms with Crippen molar-refractivity contribution in [2.75, 3.05) is 10.7 Å². The normalized spacial score (nSPS) is 11.6. The minimum Gasteiger partial charge on any atom is -0.207 e. The van der Waals surface area contributed by atoms with E-state index in [-0.39, 0.29) is 11.2 Å². The van der Waals surface area contributed by atoms with Crippen molar-refractivity contribution < 1.29 is 4.39 Å². The molecule has 2 aromatic rings. The Bertz CT molecular complexity index is 562. The number of hydrogen-bond acceptors (Lipinski definition) is 0. The topological polar surface area (TPSA) is 0 Å². The van der Waals surface area contributed by atoms with Crippen molar-refractivity contribution in [3.63, 3.8) is 0 Å². The Hall–Kier alpha value is -0.670. The fourth-order valence-corrected chi connectivity index (χ4v) is 4.37. The van der Waals surface area contributed by atoms with Crippen molar-refractivity contribution in [2.45, 2.75) is 18.8 Å². The fourth-order valence-electron chi connectivity index (χ4n) is 2.40. The van der Waals surface area contributed by atoms with Gasteiger partial charge in [-0.15, -0.1) is 0 Å². The largest absolute Gasteiger partial charge is 0.207 e. The second kappa shape index (κ2) is 6.86. The van der Waals surface area contributed by atoms with Crippen LogP contribution in [0.15, 0.2) is 48.5 Å². The van der Waals surface area contributed by atoms with Crippen LogP contribution in [0, 0.1) is 12.7 Å². The molecule has 0 aliphatic rings. The van der Waals surface area contributed by atoms with Crippen molar-refractivity contribution in [3.8, 4) is 0 Å². The maximum Gasteiger partial charge on any atom is 0.123 e. The van der Waals surface area contributed by atoms with Crippen LogP contribution in [0.25, 0.3) is 0 Å². The van der Waals surface area contributed by atoms with Gasteiger partial charge in [0.2, 0.25) is 0 Å². The molecule has 2 aromatic carbocycles. The molecule has 20 heavy (non-hydrogen) atoms. The average Bonchev–Trinajstić information content (AvgIpc) is 2.48. The molecule has 0 unspecified atom stereocenters. The van der Waals surface area contributed by atoms with Crippen molar-refractivity contribution in [2.24, 2.45) is 0 Å². The molecule has 0 aliphatic heterocycles. The van der Waals surface area contributed by atoms with Crippen molar-refractivity contribution >= 4 is 31.9 Å². The van der Waals surface area contributed by atoms with Gasteiger partial charge in [0.1, 0.15) is 5.82 Å². The number of rotatable bonds is 5. The average molecular weight is 400 g/mol. The van der Waals surface area contributed by atoms with E-state index >= 15 is 0 Å². The van der Waals surface area contributed by atoms with Gasteiger partial charge in [0.15, 0.2) is 0 Å². The highest BCUT2D eigenvalue weighted by Gasteiger charge is 2.30. The van der Waals surface area contributed by atoms with Gasteiger partial charge in [-0.25, -0.2) is 4.39 Å². The van der Waals surface area contributed by atoms with Crippen LogP contribution < -0.4 is 0 Å². The first-order valence-corrected chi connectivity index (χ1v) is 8.78. The van der Waals surface area contributed by atoms with Crippen molar-refractivity contribution in [1.29, 1.82) is 0 Å². The summed E-state index contributed by atoms with van der Waals surface area (Å²) in [6.07, 6.45) is 0.875. The lowest BCUT2D eigenvalue weighted by atomic mass is 9.78. The molecule has 0 heterocycles. The molecule has 0 nitrogen and oxygen atoms in total. The van der Waals surface area contributed by atoms with Crippen LogP contribution in [0.1, 0.15) is 16.7 Å². The zero-order valence-corrected chi connectivity index (χ0v) is 14.5. The third-order valence-electron chi connectivity index (χ3n) is 3.73. The fraction of sp³-hybridized carbons (Fsp3) is 0.294. The molecule has 0 bridgehead atoms. The summed E-state index contributed by atoms with van der Waals surface area (Å²) in [7, 11) is 0. The van der Waals surface area contributed by atoms with Gasteiger partial charge in [0.05, 0.1) is 0 Å². The third kappa shape index (κ3) is 3.32. The van der Waals surface area contributed by atoms with E-state index in [0.717, 1.165) is 22.6 Å². The summed E-state index contributed by atoms with van der Waals surface area (Å²) >= 11 is 7.32. The highest BCUT2D eigenvalue weighted by atomic mass is 79.9. The lowest BCUT2D eigenvalue weighted by molar-refractivity contribution is 0.547. The minimum atomic E-state index is -0.172. The molecule has 0 aliphatic carbocycles. The van der Waals surface area contributed by atoms with Crippen LogP contribution in [0.3, 0.4) is 0 Å². The van der Waals surface area contributed by atoms with Crippen LogP contribution in [-0.2, 0) is 11.8 Å². The summed E-state index contributed by atoms with van der Waals surface area (Å²) in [5, 5.41) is 1.71. The van der Waals surface area contributed by atoms with Crippen LogP contribution in [-0.4, -0.2) is 10.7 Å². The maximum absolute atomic E-state index is 13.2. The second-order valence-corrected chi connectivity index (χ2v) is 6.28. The molecule has 0 fully saturated rings. The molecule has 0 spiro atoms. The lowest BCUT2D eigenvalue weighted by Gasteiger charge is -2.31. The van der Waals surface area contributed by atoms with E-state index in [2.05, 4.69) is 56.1 Å². The Morgan fingerprint density at radius 1 is 1.00 bits per heavy atom. The van der Waals surface area contributed by atoms with Gasteiger partial charge in [-0.05, 0) is 42.2 Å². The smallest absolute Gasteiger partial charge is 0.123 e. The number of halogens is 3. The molecular formula is C17H17Br2F. The van der Waals surface area contributed by atoms with Gasteiger partial charge in [-0.3, -0.25) is 0 Å². The van der Waals surface area contributed by atoms with E-state index < -0.39 is 0 Å². The molecular weight excluding hydrogens is 383 g/mol. The van der Waals surface area contributed by atoms with Gasteiger partial charge in [-0.1, -0.05) is 68.3 Å². The zero-order chi connectivity index (χ0) is 14.6. The number of benzene rings is 2. The Kier molecular flexibility index (Phi) is 5.39. The quantitative estimate of drug-likeness (QED) is 0.590. The predicted octanol–water partition coefficient (Wildman–Crippen LogP) is 5.40. The summed E-state index contributed by atoms with van der Waals surface area (Å²) in [6, 6.07) is 15.5. The summed E-state index contributed by atoms with van der Waals surface area (Å²) in [5.41, 5.74) is 3.46. The molecule has 3 heteroatoms. The maximum atomic E-state index is 13.2. The number of hydrogen-bond donors (Lipinski definition) is 0. The highest BCUT2D eigenvalue weighted by Crippen LogP contribution is 2.33. The molecule has 0 saturated carbocycles. The lowest BCUT2D eigenvalue weighted by Crippen LogP contribution is -2.33. The van der Waals surface area contributed by atoms with Crippen LogP contribution in [0.4, 0.5) is 4.39 Å². The van der Waals surface area contributed by atoms with Gasteiger partial charge in [-0.2, -0.15) is 0 Å². The summed E-state index contributed by atoms with van der Waals surface area (Å²) in [4.78, 5) is 0. The molecule has 0 N–H and O–H groups in total. The van der Waals surface area contributed by atoms with Crippen LogP contribution >= 0.6 is 31.9 Å². The molecule has 0 radical (unpaired) electrons. The van der Waals surface area contributed by atoms with Crippen molar-refractivity contribution in [1.82, 2.24) is 0 Å². The number of aryl methyl sites for hydroxylation is 1. The predicted molar refractivity (Wildman–Crippen MR) is 90.5 cm³/mol. The van der Waals surface area contributed by atoms with Gasteiger partial charge < -0.3 is 0 Å². The Balaban J connectivity index is 2.39. The molecule has 0 aromatic heterocycles. The van der Waals surface area contributed by atoms with Crippen molar-refractivity contribution in [3.05, 3.63) is 71.0 Å². The molecule has 0 saturated heterocycles. The Morgan fingerprint density at radius 2 is 1.65 bits per heavy atom. The molecule has 2 rings (SSSR count). The summed E-state index contributed by atoms with van der Waals surface area (Å²) in [5.74, 6) is -0.172. The SMILES string of the molecule is Cc1cc(F)ccc1CC(CBr)(CBr)c1ccccc1. The van der Waals surface area contributed by atoms with E-state index in [0.29, 0.717) is 0 Å². The van der Waals surface area contributed by atoms with Gasteiger partial charge >= 0.3 is 0 Å². The summed E-state index contributed by atoms with van der Waals surface area (Å²) < 4.78 is 13.2. The van der Waals surface area contributed by atoms with E-state index in [1.54, 1.807) is 12.1 Å². The van der Waals surface area contributed by atoms with E-state index in [1.165, 1.54) is 11.1 Å². The minimum absolute atomic E-state index is 0.0240. The monoisotopic (exact) mass is 398 g/mol. The highest BCUT2D eigenvalue weighted by molar-refractivity contribution is 9.09. The van der Waals surface area contributed by atoms with Gasteiger partial charge in [0, 0.05) is 16.1 Å². The first-order chi connectivity index (χ1) is 9.61. The first-order valence-electron chi connectivity index (χ1n) is 6.54. The second-order valence-electron chi connectivity index (χ2n) is 5.16. The first kappa shape index (κ1) is 15.7. The van der Waals surface area contributed by atoms with E-state index in [9.17, 15) is 4.39 Å². The number of alkyl halides is 2. The molecule has 106 valence electrons.